The fraction of sp³-hybridized carbons (Fsp3) is 0.562. The average Bonchev–Trinajstić information content (AvgIpc) is 2.59. The van der Waals surface area contributed by atoms with Crippen molar-refractivity contribution in [2.45, 2.75) is 45.4 Å². The van der Waals surface area contributed by atoms with Crippen LogP contribution in [0, 0.1) is 0 Å². The van der Waals surface area contributed by atoms with E-state index in [1.165, 1.54) is 38.9 Å². The molecule has 0 atom stereocenters. The lowest BCUT2D eigenvalue weighted by Gasteiger charge is -2.14. The van der Waals surface area contributed by atoms with Crippen LogP contribution in [0.3, 0.4) is 0 Å². The molecule has 0 unspecified atom stereocenters. The second-order valence-electron chi connectivity index (χ2n) is 5.14. The number of hydrogen-bond donors (Lipinski definition) is 1. The molecule has 1 rings (SSSR count). The SMILES string of the molecule is CCCCCCCCOOc1cc(C(=O)OO)c(Br)c(Br)c1OC. The molecular formula is C16H22Br2O6. The van der Waals surface area contributed by atoms with Gasteiger partial charge in [0.05, 0.1) is 28.2 Å². The molecule has 0 fully saturated rings. The maximum Gasteiger partial charge on any atom is 0.374 e. The van der Waals surface area contributed by atoms with Gasteiger partial charge in [-0.05, 0) is 38.3 Å². The van der Waals surface area contributed by atoms with Crippen LogP contribution in [0.25, 0.3) is 0 Å². The molecule has 6 nitrogen and oxygen atoms in total. The van der Waals surface area contributed by atoms with Gasteiger partial charge in [0, 0.05) is 6.07 Å². The van der Waals surface area contributed by atoms with Crippen LogP contribution in [-0.2, 0) is 9.78 Å². The van der Waals surface area contributed by atoms with Crippen LogP contribution in [0.2, 0.25) is 0 Å². The summed E-state index contributed by atoms with van der Waals surface area (Å²) in [6, 6.07) is 1.37. The number of carbonyl (C=O) groups excluding carboxylic acids is 1. The number of methoxy groups -OCH3 is 1. The Hall–Kier alpha value is -0.830. The van der Waals surface area contributed by atoms with Crippen LogP contribution >= 0.6 is 31.9 Å². The van der Waals surface area contributed by atoms with Crippen molar-refractivity contribution in [3.05, 3.63) is 20.6 Å². The predicted octanol–water partition coefficient (Wildman–Crippen LogP) is 5.52. The van der Waals surface area contributed by atoms with Gasteiger partial charge in [-0.3, -0.25) is 4.89 Å². The molecule has 24 heavy (non-hydrogen) atoms. The highest BCUT2D eigenvalue weighted by Gasteiger charge is 2.22. The molecule has 0 aliphatic carbocycles. The van der Waals surface area contributed by atoms with Crippen molar-refractivity contribution in [1.82, 2.24) is 0 Å². The van der Waals surface area contributed by atoms with Crippen LogP contribution in [0.1, 0.15) is 55.8 Å². The zero-order valence-corrected chi connectivity index (χ0v) is 16.9. The molecule has 0 saturated heterocycles. The number of unbranched alkanes of at least 4 members (excludes halogenated alkanes) is 5. The van der Waals surface area contributed by atoms with Gasteiger partial charge < -0.3 is 9.62 Å². The molecule has 0 aliphatic rings. The Labute approximate surface area is 158 Å². The van der Waals surface area contributed by atoms with Gasteiger partial charge in [0.15, 0.2) is 5.75 Å². The van der Waals surface area contributed by atoms with Gasteiger partial charge in [0.1, 0.15) is 0 Å². The third-order valence-electron chi connectivity index (χ3n) is 3.36. The number of halogens is 2. The van der Waals surface area contributed by atoms with Crippen molar-refractivity contribution in [1.29, 1.82) is 0 Å². The van der Waals surface area contributed by atoms with Crippen molar-refractivity contribution >= 4 is 37.8 Å². The summed E-state index contributed by atoms with van der Waals surface area (Å²) in [5, 5.41) is 8.57. The molecule has 0 amide bonds. The molecule has 136 valence electrons. The molecule has 0 aromatic heterocycles. The molecule has 0 spiro atoms. The first-order valence-electron chi connectivity index (χ1n) is 7.78. The first-order valence-corrected chi connectivity index (χ1v) is 9.36. The van der Waals surface area contributed by atoms with Crippen LogP contribution in [0.4, 0.5) is 0 Å². The van der Waals surface area contributed by atoms with E-state index in [1.807, 2.05) is 0 Å². The summed E-state index contributed by atoms with van der Waals surface area (Å²) in [4.78, 5) is 25.8. The van der Waals surface area contributed by atoms with Crippen LogP contribution < -0.4 is 9.62 Å². The summed E-state index contributed by atoms with van der Waals surface area (Å²) in [5.41, 5.74) is 0.0725. The first kappa shape index (κ1) is 21.2. The third kappa shape index (κ3) is 6.23. The van der Waals surface area contributed by atoms with Gasteiger partial charge in [-0.25, -0.2) is 4.79 Å². The van der Waals surface area contributed by atoms with E-state index in [4.69, 9.17) is 19.8 Å². The molecule has 0 aliphatic heterocycles. The quantitative estimate of drug-likeness (QED) is 0.261. The predicted molar refractivity (Wildman–Crippen MR) is 96.4 cm³/mol. The van der Waals surface area contributed by atoms with Crippen molar-refractivity contribution in [3.63, 3.8) is 0 Å². The lowest BCUT2D eigenvalue weighted by Crippen LogP contribution is -2.07. The van der Waals surface area contributed by atoms with E-state index in [9.17, 15) is 4.79 Å². The summed E-state index contributed by atoms with van der Waals surface area (Å²) in [5.74, 6) is -0.357. The van der Waals surface area contributed by atoms with E-state index in [0.717, 1.165) is 12.8 Å². The largest absolute Gasteiger partial charge is 0.492 e. The van der Waals surface area contributed by atoms with Gasteiger partial charge in [-0.2, -0.15) is 10.1 Å². The van der Waals surface area contributed by atoms with Crippen LogP contribution in [0.15, 0.2) is 15.0 Å². The van der Waals surface area contributed by atoms with Gasteiger partial charge in [0.2, 0.25) is 5.75 Å². The summed E-state index contributed by atoms with van der Waals surface area (Å²) in [6.07, 6.45) is 6.85. The van der Waals surface area contributed by atoms with E-state index in [2.05, 4.69) is 43.7 Å². The molecule has 0 saturated carbocycles. The number of benzene rings is 1. The molecule has 0 radical (unpaired) electrons. The summed E-state index contributed by atoms with van der Waals surface area (Å²) in [6.45, 7) is 2.62. The van der Waals surface area contributed by atoms with Crippen molar-refractivity contribution in [3.8, 4) is 11.5 Å². The third-order valence-corrected chi connectivity index (χ3v) is 5.48. The van der Waals surface area contributed by atoms with E-state index in [0.29, 0.717) is 21.3 Å². The van der Waals surface area contributed by atoms with Crippen molar-refractivity contribution in [2.24, 2.45) is 0 Å². The lowest BCUT2D eigenvalue weighted by atomic mass is 10.1. The van der Waals surface area contributed by atoms with E-state index >= 15 is 0 Å². The minimum atomic E-state index is -0.925. The fourth-order valence-electron chi connectivity index (χ4n) is 2.08. The maximum absolute atomic E-state index is 11.6. The van der Waals surface area contributed by atoms with Crippen molar-refractivity contribution < 1.29 is 29.5 Å². The highest BCUT2D eigenvalue weighted by Crippen LogP contribution is 2.42. The number of ether oxygens (including phenoxy) is 1. The summed E-state index contributed by atoms with van der Waals surface area (Å²) < 4.78 is 6.08. The smallest absolute Gasteiger partial charge is 0.374 e. The first-order chi connectivity index (χ1) is 11.6. The van der Waals surface area contributed by atoms with Gasteiger partial charge in [-0.1, -0.05) is 39.0 Å². The normalized spacial score (nSPS) is 10.5. The minimum absolute atomic E-state index is 0.0725. The second-order valence-corrected chi connectivity index (χ2v) is 6.72. The Balaban J connectivity index is 2.63. The Morgan fingerprint density at radius 2 is 1.79 bits per heavy atom. The topological polar surface area (TPSA) is 74.2 Å². The average molecular weight is 470 g/mol. The Kier molecular flexibility index (Phi) is 10.3. The van der Waals surface area contributed by atoms with E-state index < -0.39 is 5.97 Å². The number of rotatable bonds is 11. The fourth-order valence-corrected chi connectivity index (χ4v) is 3.11. The lowest BCUT2D eigenvalue weighted by molar-refractivity contribution is -0.208. The summed E-state index contributed by atoms with van der Waals surface area (Å²) >= 11 is 6.54. The highest BCUT2D eigenvalue weighted by atomic mass is 79.9. The second kappa shape index (κ2) is 11.7. The highest BCUT2D eigenvalue weighted by molar-refractivity contribution is 9.13. The molecule has 8 heteroatoms. The molecule has 1 aromatic carbocycles. The Morgan fingerprint density at radius 1 is 1.12 bits per heavy atom. The van der Waals surface area contributed by atoms with Crippen molar-refractivity contribution in [2.75, 3.05) is 13.7 Å². The van der Waals surface area contributed by atoms with Gasteiger partial charge >= 0.3 is 5.97 Å². The number of carbonyl (C=O) groups is 1. The minimum Gasteiger partial charge on any atom is -0.492 e. The van der Waals surface area contributed by atoms with Crippen LogP contribution in [0.5, 0.6) is 11.5 Å². The van der Waals surface area contributed by atoms with Gasteiger partial charge in [0.25, 0.3) is 0 Å². The standard InChI is InChI=1S/C16H22Br2O6/c1-3-4-5-6-7-8-9-22-24-12-10-11(16(19)23-20)13(17)14(18)15(12)21-2/h10,20H,3-9H2,1-2H3. The molecule has 1 N–H and O–H groups in total. The monoisotopic (exact) mass is 468 g/mol. The molecule has 0 heterocycles. The maximum atomic E-state index is 11.6. The Morgan fingerprint density at radius 3 is 2.42 bits per heavy atom. The zero-order chi connectivity index (χ0) is 17.9. The summed E-state index contributed by atoms with van der Waals surface area (Å²) in [7, 11) is 1.47. The molecule has 0 bridgehead atoms. The number of hydrogen-bond acceptors (Lipinski definition) is 6. The molecular weight excluding hydrogens is 448 g/mol. The van der Waals surface area contributed by atoms with Crippen LogP contribution in [-0.4, -0.2) is 24.9 Å². The van der Waals surface area contributed by atoms with E-state index in [-0.39, 0.29) is 11.3 Å². The van der Waals surface area contributed by atoms with Gasteiger partial charge in [-0.15, -0.1) is 0 Å². The Bertz CT molecular complexity index is 536. The zero-order valence-electron chi connectivity index (χ0n) is 13.8. The molecule has 1 aromatic rings. The van der Waals surface area contributed by atoms with E-state index in [1.54, 1.807) is 0 Å².